The lowest BCUT2D eigenvalue weighted by atomic mass is 9.84. The summed E-state index contributed by atoms with van der Waals surface area (Å²) in [4.78, 5) is 11.5. The van der Waals surface area contributed by atoms with Crippen molar-refractivity contribution in [1.29, 1.82) is 0 Å². The van der Waals surface area contributed by atoms with Crippen molar-refractivity contribution in [3.05, 3.63) is 29.8 Å². The maximum Gasteiger partial charge on any atom is 0.308 e. The van der Waals surface area contributed by atoms with Crippen molar-refractivity contribution in [2.24, 2.45) is 17.8 Å². The normalized spacial score (nSPS) is 31.4. The summed E-state index contributed by atoms with van der Waals surface area (Å²) in [6, 6.07) is 8.04. The number of carboxylic acid groups (broad SMARTS) is 1. The number of carbonyl (C=O) groups is 1. The molecule has 4 atom stereocenters. The van der Waals surface area contributed by atoms with Gasteiger partial charge in [0.15, 0.2) is 0 Å². The number of ether oxygens (including phenoxy) is 1. The second-order valence-corrected chi connectivity index (χ2v) is 5.96. The van der Waals surface area contributed by atoms with Crippen LogP contribution in [0.4, 0.5) is 0 Å². The number of nitrogens with one attached hydrogen (secondary N) is 1. The first-order valence-electron chi connectivity index (χ1n) is 7.28. The highest BCUT2D eigenvalue weighted by molar-refractivity contribution is 5.72. The molecule has 2 aliphatic rings. The predicted molar refractivity (Wildman–Crippen MR) is 75.6 cm³/mol. The zero-order valence-corrected chi connectivity index (χ0v) is 11.7. The second kappa shape index (κ2) is 5.44. The standard InChI is InChI=1S/C16H21NO3/c1-20-13-4-2-3-10(7-13)9-17-15-12-6-5-11(8-12)14(15)16(18)19/h2-4,7,11-12,14-15,17H,5-6,8-9H2,1H3,(H,18,19). The molecule has 20 heavy (non-hydrogen) atoms. The first kappa shape index (κ1) is 13.4. The summed E-state index contributed by atoms with van der Waals surface area (Å²) >= 11 is 0. The molecule has 0 heterocycles. The van der Waals surface area contributed by atoms with E-state index in [0.717, 1.165) is 24.2 Å². The molecular weight excluding hydrogens is 254 g/mol. The van der Waals surface area contributed by atoms with Crippen LogP contribution in [0.2, 0.25) is 0 Å². The Morgan fingerprint density at radius 2 is 2.20 bits per heavy atom. The highest BCUT2D eigenvalue weighted by atomic mass is 16.5. The fourth-order valence-electron chi connectivity index (χ4n) is 3.96. The van der Waals surface area contributed by atoms with E-state index in [9.17, 15) is 9.90 Å². The topological polar surface area (TPSA) is 58.6 Å². The molecule has 2 fully saturated rings. The fraction of sp³-hybridized carbons (Fsp3) is 0.562. The molecule has 0 spiro atoms. The fourth-order valence-corrected chi connectivity index (χ4v) is 3.96. The van der Waals surface area contributed by atoms with E-state index in [1.54, 1.807) is 7.11 Å². The van der Waals surface area contributed by atoms with Crippen molar-refractivity contribution in [2.75, 3.05) is 7.11 Å². The average Bonchev–Trinajstić information content (AvgIpc) is 3.05. The number of benzene rings is 1. The van der Waals surface area contributed by atoms with Crippen LogP contribution in [0, 0.1) is 17.8 Å². The minimum Gasteiger partial charge on any atom is -0.497 e. The van der Waals surface area contributed by atoms with E-state index < -0.39 is 5.97 Å². The van der Waals surface area contributed by atoms with Gasteiger partial charge in [-0.25, -0.2) is 0 Å². The van der Waals surface area contributed by atoms with Crippen molar-refractivity contribution in [3.8, 4) is 5.75 Å². The lowest BCUT2D eigenvalue weighted by Gasteiger charge is -2.29. The van der Waals surface area contributed by atoms with Crippen LogP contribution in [0.25, 0.3) is 0 Å². The molecule has 2 saturated carbocycles. The zero-order chi connectivity index (χ0) is 14.1. The van der Waals surface area contributed by atoms with E-state index in [4.69, 9.17) is 4.74 Å². The lowest BCUT2D eigenvalue weighted by Crippen LogP contribution is -2.43. The van der Waals surface area contributed by atoms with Crippen LogP contribution in [0.15, 0.2) is 24.3 Å². The van der Waals surface area contributed by atoms with Crippen LogP contribution >= 0.6 is 0 Å². The van der Waals surface area contributed by atoms with Gasteiger partial charge < -0.3 is 15.2 Å². The van der Waals surface area contributed by atoms with Crippen LogP contribution in [0.1, 0.15) is 24.8 Å². The maximum absolute atomic E-state index is 11.5. The summed E-state index contributed by atoms with van der Waals surface area (Å²) in [5.41, 5.74) is 1.14. The molecule has 0 aromatic heterocycles. The number of fused-ring (bicyclic) bond motifs is 2. The largest absolute Gasteiger partial charge is 0.497 e. The highest BCUT2D eigenvalue weighted by Crippen LogP contribution is 2.48. The summed E-state index contributed by atoms with van der Waals surface area (Å²) in [5.74, 6) is 0.902. The van der Waals surface area contributed by atoms with Gasteiger partial charge in [-0.05, 0) is 48.8 Å². The van der Waals surface area contributed by atoms with Crippen molar-refractivity contribution >= 4 is 5.97 Å². The molecule has 0 aliphatic heterocycles. The van der Waals surface area contributed by atoms with Gasteiger partial charge in [0.25, 0.3) is 0 Å². The first-order valence-corrected chi connectivity index (χ1v) is 7.28. The number of methoxy groups -OCH3 is 1. The number of rotatable bonds is 5. The molecule has 4 unspecified atom stereocenters. The summed E-state index contributed by atoms with van der Waals surface area (Å²) in [5, 5.41) is 12.9. The monoisotopic (exact) mass is 275 g/mol. The van der Waals surface area contributed by atoms with Crippen molar-refractivity contribution in [3.63, 3.8) is 0 Å². The van der Waals surface area contributed by atoms with Gasteiger partial charge in [0.05, 0.1) is 13.0 Å². The summed E-state index contributed by atoms with van der Waals surface area (Å²) < 4.78 is 5.21. The SMILES string of the molecule is COc1cccc(CNC2C3CCC(C3)C2C(=O)O)c1. The van der Waals surface area contributed by atoms with Crippen LogP contribution in [0.3, 0.4) is 0 Å². The van der Waals surface area contributed by atoms with Gasteiger partial charge in [0.1, 0.15) is 5.75 Å². The minimum absolute atomic E-state index is 0.123. The molecule has 0 saturated heterocycles. The van der Waals surface area contributed by atoms with E-state index in [0.29, 0.717) is 18.4 Å². The van der Waals surface area contributed by atoms with Crippen LogP contribution in [-0.2, 0) is 11.3 Å². The molecule has 0 amide bonds. The lowest BCUT2D eigenvalue weighted by molar-refractivity contribution is -0.144. The van der Waals surface area contributed by atoms with E-state index >= 15 is 0 Å². The number of hydrogen-bond donors (Lipinski definition) is 2. The highest BCUT2D eigenvalue weighted by Gasteiger charge is 2.50. The molecule has 2 bridgehead atoms. The first-order chi connectivity index (χ1) is 9.69. The Kier molecular flexibility index (Phi) is 3.66. The smallest absolute Gasteiger partial charge is 0.308 e. The van der Waals surface area contributed by atoms with E-state index in [1.165, 1.54) is 6.42 Å². The molecular formula is C16H21NO3. The Morgan fingerprint density at radius 1 is 1.40 bits per heavy atom. The molecule has 2 N–H and O–H groups in total. The van der Waals surface area contributed by atoms with Gasteiger partial charge in [0, 0.05) is 12.6 Å². The third-order valence-electron chi connectivity index (χ3n) is 4.88. The number of carboxylic acids is 1. The van der Waals surface area contributed by atoms with Gasteiger partial charge in [-0.1, -0.05) is 12.1 Å². The second-order valence-electron chi connectivity index (χ2n) is 5.96. The third-order valence-corrected chi connectivity index (χ3v) is 4.88. The maximum atomic E-state index is 11.5. The minimum atomic E-state index is -0.639. The van der Waals surface area contributed by atoms with Crippen molar-refractivity contribution in [1.82, 2.24) is 5.32 Å². The van der Waals surface area contributed by atoms with Crippen molar-refractivity contribution < 1.29 is 14.6 Å². The van der Waals surface area contributed by atoms with Gasteiger partial charge in [-0.3, -0.25) is 4.79 Å². The summed E-state index contributed by atoms with van der Waals surface area (Å²) in [6.07, 6.45) is 3.33. The predicted octanol–water partition coefficient (Wildman–Crippen LogP) is 2.28. The molecule has 3 rings (SSSR count). The molecule has 0 radical (unpaired) electrons. The molecule has 1 aromatic carbocycles. The number of hydrogen-bond acceptors (Lipinski definition) is 3. The molecule has 4 nitrogen and oxygen atoms in total. The molecule has 108 valence electrons. The van der Waals surface area contributed by atoms with Gasteiger partial charge in [-0.15, -0.1) is 0 Å². The zero-order valence-electron chi connectivity index (χ0n) is 11.7. The Morgan fingerprint density at radius 3 is 2.95 bits per heavy atom. The quantitative estimate of drug-likeness (QED) is 0.865. The molecule has 4 heteroatoms. The Labute approximate surface area is 119 Å². The Bertz CT molecular complexity index is 502. The third kappa shape index (κ3) is 2.40. The van der Waals surface area contributed by atoms with Crippen LogP contribution < -0.4 is 10.1 Å². The number of aliphatic carboxylic acids is 1. The Balaban J connectivity index is 1.66. The average molecular weight is 275 g/mol. The van der Waals surface area contributed by atoms with Crippen LogP contribution in [-0.4, -0.2) is 24.2 Å². The molecule has 2 aliphatic carbocycles. The van der Waals surface area contributed by atoms with E-state index in [-0.39, 0.29) is 12.0 Å². The Hall–Kier alpha value is -1.55. The van der Waals surface area contributed by atoms with E-state index in [2.05, 4.69) is 5.32 Å². The van der Waals surface area contributed by atoms with Crippen molar-refractivity contribution in [2.45, 2.75) is 31.8 Å². The summed E-state index contributed by atoms with van der Waals surface area (Å²) in [6.45, 7) is 0.703. The van der Waals surface area contributed by atoms with Gasteiger partial charge >= 0.3 is 5.97 Å². The van der Waals surface area contributed by atoms with Crippen LogP contribution in [0.5, 0.6) is 5.75 Å². The van der Waals surface area contributed by atoms with E-state index in [1.807, 2.05) is 24.3 Å². The van der Waals surface area contributed by atoms with Gasteiger partial charge in [-0.2, -0.15) is 0 Å². The molecule has 1 aromatic rings. The van der Waals surface area contributed by atoms with Gasteiger partial charge in [0.2, 0.25) is 0 Å². The summed E-state index contributed by atoms with van der Waals surface area (Å²) in [7, 11) is 1.66.